The molecular weight excluding hydrogens is 403 g/mol. The molecule has 1 heterocycles. The number of halogens is 1. The Balaban J connectivity index is 2.38. The van der Waals surface area contributed by atoms with Gasteiger partial charge in [0.15, 0.2) is 0 Å². The zero-order valence-electron chi connectivity index (χ0n) is 13.2. The predicted octanol–water partition coefficient (Wildman–Crippen LogP) is 3.23. The van der Waals surface area contributed by atoms with E-state index >= 15 is 0 Å². The summed E-state index contributed by atoms with van der Waals surface area (Å²) in [6, 6.07) is 5.97. The lowest BCUT2D eigenvalue weighted by atomic mass is 10.0. The molecule has 6 heteroatoms. The SMILES string of the molecule is CN=CC(=CN)c1cccc2nc([C@@H](C)I)n(C3CC3)c(=O)c12. The Morgan fingerprint density at radius 3 is 2.83 bits per heavy atom. The number of aliphatic imine (C=N–C) groups is 1. The van der Waals surface area contributed by atoms with Gasteiger partial charge in [-0.25, -0.2) is 4.98 Å². The minimum atomic E-state index is 0.0236. The van der Waals surface area contributed by atoms with E-state index in [0.29, 0.717) is 10.9 Å². The first kappa shape index (κ1) is 16.2. The molecule has 1 fully saturated rings. The second kappa shape index (κ2) is 6.43. The number of rotatable bonds is 4. The first-order valence-corrected chi connectivity index (χ1v) is 8.86. The predicted molar refractivity (Wildman–Crippen MR) is 103 cm³/mol. The molecule has 2 N–H and O–H groups in total. The van der Waals surface area contributed by atoms with Gasteiger partial charge in [-0.15, -0.1) is 0 Å². The molecule has 0 aliphatic heterocycles. The van der Waals surface area contributed by atoms with E-state index in [1.807, 2.05) is 22.8 Å². The van der Waals surface area contributed by atoms with Crippen molar-refractivity contribution in [2.24, 2.45) is 10.7 Å². The van der Waals surface area contributed by atoms with Crippen molar-refractivity contribution in [2.75, 3.05) is 7.05 Å². The van der Waals surface area contributed by atoms with Crippen molar-refractivity contribution < 1.29 is 0 Å². The summed E-state index contributed by atoms with van der Waals surface area (Å²) < 4.78 is 2.05. The minimum absolute atomic E-state index is 0.0236. The van der Waals surface area contributed by atoms with Crippen LogP contribution in [0.3, 0.4) is 0 Å². The van der Waals surface area contributed by atoms with E-state index in [1.54, 1.807) is 13.3 Å². The molecule has 0 unspecified atom stereocenters. The van der Waals surface area contributed by atoms with Crippen LogP contribution >= 0.6 is 22.6 Å². The van der Waals surface area contributed by atoms with Crippen molar-refractivity contribution in [3.8, 4) is 0 Å². The number of nitrogens with zero attached hydrogens (tertiary/aromatic N) is 3. The van der Waals surface area contributed by atoms with E-state index in [2.05, 4.69) is 34.5 Å². The third-order valence-corrected chi connectivity index (χ3v) is 4.54. The minimum Gasteiger partial charge on any atom is -0.404 e. The zero-order chi connectivity index (χ0) is 16.6. The highest BCUT2D eigenvalue weighted by atomic mass is 127. The van der Waals surface area contributed by atoms with Crippen molar-refractivity contribution in [1.82, 2.24) is 9.55 Å². The van der Waals surface area contributed by atoms with Crippen molar-refractivity contribution in [3.63, 3.8) is 0 Å². The van der Waals surface area contributed by atoms with Gasteiger partial charge in [-0.2, -0.15) is 0 Å². The molecule has 0 saturated heterocycles. The summed E-state index contributed by atoms with van der Waals surface area (Å²) >= 11 is 2.31. The molecule has 5 nitrogen and oxygen atoms in total. The van der Waals surface area contributed by atoms with Crippen LogP contribution in [-0.4, -0.2) is 22.8 Å². The third-order valence-electron chi connectivity index (χ3n) is 3.98. The fourth-order valence-electron chi connectivity index (χ4n) is 2.81. The zero-order valence-corrected chi connectivity index (χ0v) is 15.3. The van der Waals surface area contributed by atoms with Crippen molar-refractivity contribution in [3.05, 3.63) is 46.1 Å². The Bertz CT molecular complexity index is 863. The maximum absolute atomic E-state index is 13.2. The molecule has 1 aromatic heterocycles. The normalized spacial score (nSPS) is 17.1. The Kier molecular flexibility index (Phi) is 4.52. The first-order chi connectivity index (χ1) is 11.1. The van der Waals surface area contributed by atoms with E-state index in [-0.39, 0.29) is 15.5 Å². The Morgan fingerprint density at radius 1 is 1.52 bits per heavy atom. The summed E-state index contributed by atoms with van der Waals surface area (Å²) in [6.45, 7) is 2.06. The molecule has 0 radical (unpaired) electrons. The maximum atomic E-state index is 13.2. The van der Waals surface area contributed by atoms with Gasteiger partial charge in [0.1, 0.15) is 5.82 Å². The van der Waals surface area contributed by atoms with Gasteiger partial charge in [-0.3, -0.25) is 14.4 Å². The van der Waals surface area contributed by atoms with Gasteiger partial charge >= 0.3 is 0 Å². The molecule has 3 rings (SSSR count). The number of allylic oxidation sites excluding steroid dienone is 1. The standard InChI is InChI=1S/C17H19IN4O/c1-10(18)16-21-14-5-3-4-13(11(8-19)9-20-2)15(14)17(23)22(16)12-6-7-12/h3-5,8-10,12H,6-7,19H2,1-2H3/t10-/m1/s1. The van der Waals surface area contributed by atoms with E-state index in [9.17, 15) is 4.79 Å². The van der Waals surface area contributed by atoms with Gasteiger partial charge in [0.05, 0.1) is 14.8 Å². The number of nitrogens with two attached hydrogens (primary N) is 1. The summed E-state index contributed by atoms with van der Waals surface area (Å²) in [5.41, 5.74) is 7.99. The second-order valence-corrected chi connectivity index (χ2v) is 7.57. The fourth-order valence-corrected chi connectivity index (χ4v) is 3.25. The topological polar surface area (TPSA) is 73.3 Å². The number of alkyl halides is 1. The van der Waals surface area contributed by atoms with Crippen molar-refractivity contribution in [1.29, 1.82) is 0 Å². The van der Waals surface area contributed by atoms with Gasteiger partial charge < -0.3 is 5.73 Å². The highest BCUT2D eigenvalue weighted by molar-refractivity contribution is 14.1. The first-order valence-electron chi connectivity index (χ1n) is 7.62. The molecule has 23 heavy (non-hydrogen) atoms. The summed E-state index contributed by atoms with van der Waals surface area (Å²) in [6.07, 6.45) is 5.24. The largest absolute Gasteiger partial charge is 0.404 e. The number of benzene rings is 1. The van der Waals surface area contributed by atoms with Crippen LogP contribution in [0.5, 0.6) is 0 Å². The highest BCUT2D eigenvalue weighted by Crippen LogP contribution is 2.37. The molecule has 0 amide bonds. The van der Waals surface area contributed by atoms with E-state index in [4.69, 9.17) is 10.7 Å². The summed E-state index contributed by atoms with van der Waals surface area (Å²) in [5.74, 6) is 0.852. The van der Waals surface area contributed by atoms with Crippen molar-refractivity contribution in [2.45, 2.75) is 29.7 Å². The van der Waals surface area contributed by atoms with Crippen LogP contribution in [0.15, 0.2) is 34.2 Å². The number of hydrogen-bond acceptors (Lipinski definition) is 4. The molecule has 1 aliphatic carbocycles. The van der Waals surface area contributed by atoms with Crippen LogP contribution in [-0.2, 0) is 0 Å². The average molecular weight is 422 g/mol. The lowest BCUT2D eigenvalue weighted by Crippen LogP contribution is -2.25. The molecule has 0 bridgehead atoms. The Hall–Kier alpha value is -1.70. The van der Waals surface area contributed by atoms with Gasteiger partial charge in [0, 0.05) is 31.1 Å². The monoisotopic (exact) mass is 422 g/mol. The summed E-state index contributed by atoms with van der Waals surface area (Å²) in [7, 11) is 1.69. The molecule has 1 atom stereocenters. The number of fused-ring (bicyclic) bond motifs is 1. The van der Waals surface area contributed by atoms with Crippen LogP contribution in [0.2, 0.25) is 0 Å². The number of hydrogen-bond donors (Lipinski definition) is 1. The highest BCUT2D eigenvalue weighted by Gasteiger charge is 2.30. The van der Waals surface area contributed by atoms with Crippen molar-refractivity contribution >= 4 is 45.3 Å². The Morgan fingerprint density at radius 2 is 2.26 bits per heavy atom. The molecule has 120 valence electrons. The van der Waals surface area contributed by atoms with Gasteiger partial charge in [0.2, 0.25) is 0 Å². The van der Waals surface area contributed by atoms with Gasteiger partial charge in [0.25, 0.3) is 5.56 Å². The lowest BCUT2D eigenvalue weighted by Gasteiger charge is -2.16. The Labute approximate surface area is 148 Å². The molecule has 1 aromatic carbocycles. The second-order valence-electron chi connectivity index (χ2n) is 5.70. The van der Waals surface area contributed by atoms with Crippen LogP contribution in [0.1, 0.15) is 41.1 Å². The van der Waals surface area contributed by atoms with Crippen LogP contribution in [0.4, 0.5) is 0 Å². The average Bonchev–Trinajstić information content (AvgIpc) is 3.36. The van der Waals surface area contributed by atoms with Gasteiger partial charge in [-0.1, -0.05) is 34.7 Å². The van der Waals surface area contributed by atoms with Crippen LogP contribution in [0, 0.1) is 0 Å². The lowest BCUT2D eigenvalue weighted by molar-refractivity contribution is 0.647. The maximum Gasteiger partial charge on any atom is 0.262 e. The quantitative estimate of drug-likeness (QED) is 0.467. The van der Waals surface area contributed by atoms with E-state index in [0.717, 1.165) is 29.8 Å². The molecule has 1 saturated carbocycles. The molecule has 0 spiro atoms. The van der Waals surface area contributed by atoms with Crippen LogP contribution in [0.25, 0.3) is 16.5 Å². The smallest absolute Gasteiger partial charge is 0.262 e. The van der Waals surface area contributed by atoms with E-state index in [1.165, 1.54) is 6.20 Å². The molecular formula is C17H19IN4O. The molecule has 1 aliphatic rings. The number of aromatic nitrogens is 2. The fraction of sp³-hybridized carbons (Fsp3) is 0.353. The third kappa shape index (κ3) is 2.91. The molecule has 2 aromatic rings. The van der Waals surface area contributed by atoms with E-state index < -0.39 is 0 Å². The summed E-state index contributed by atoms with van der Waals surface area (Å²) in [4.78, 5) is 22.0. The summed E-state index contributed by atoms with van der Waals surface area (Å²) in [5, 5.41) is 0.622. The van der Waals surface area contributed by atoms with Crippen LogP contribution < -0.4 is 11.3 Å². The van der Waals surface area contributed by atoms with Gasteiger partial charge in [-0.05, 0) is 31.4 Å².